The van der Waals surface area contributed by atoms with E-state index in [1.54, 1.807) is 13.8 Å². The first-order valence-electron chi connectivity index (χ1n) is 6.56. The maximum Gasteiger partial charge on any atom is 0.309 e. The predicted molar refractivity (Wildman–Crippen MR) is 69.2 cm³/mol. The van der Waals surface area contributed by atoms with Crippen molar-refractivity contribution in [2.75, 3.05) is 32.7 Å². The maximum atomic E-state index is 11.0. The molecule has 0 aromatic carbocycles. The Kier molecular flexibility index (Phi) is 4.95. The first kappa shape index (κ1) is 14.5. The Balaban J connectivity index is 2.37. The summed E-state index contributed by atoms with van der Waals surface area (Å²) in [5.41, 5.74) is -0.606. The summed E-state index contributed by atoms with van der Waals surface area (Å²) in [6.07, 6.45) is 0.723. The van der Waals surface area contributed by atoms with Gasteiger partial charge in [-0.1, -0.05) is 6.92 Å². The van der Waals surface area contributed by atoms with E-state index in [2.05, 4.69) is 23.6 Å². The zero-order valence-corrected chi connectivity index (χ0v) is 11.6. The fourth-order valence-corrected chi connectivity index (χ4v) is 2.29. The number of aliphatic carboxylic acids is 1. The Labute approximate surface area is 105 Å². The summed E-state index contributed by atoms with van der Waals surface area (Å²) < 4.78 is 0. The van der Waals surface area contributed by atoms with Gasteiger partial charge in [0.1, 0.15) is 0 Å². The van der Waals surface area contributed by atoms with Crippen molar-refractivity contribution in [3.63, 3.8) is 0 Å². The molecule has 4 nitrogen and oxygen atoms in total. The van der Waals surface area contributed by atoms with Gasteiger partial charge in [0.05, 0.1) is 5.41 Å². The largest absolute Gasteiger partial charge is 0.481 e. The van der Waals surface area contributed by atoms with Crippen molar-refractivity contribution in [1.29, 1.82) is 0 Å². The van der Waals surface area contributed by atoms with E-state index >= 15 is 0 Å². The van der Waals surface area contributed by atoms with Crippen molar-refractivity contribution in [2.24, 2.45) is 5.41 Å². The third kappa shape index (κ3) is 3.96. The number of hydrogen-bond acceptors (Lipinski definition) is 3. The molecule has 0 bridgehead atoms. The van der Waals surface area contributed by atoms with Crippen LogP contribution < -0.4 is 0 Å². The molecule has 0 amide bonds. The van der Waals surface area contributed by atoms with Crippen molar-refractivity contribution in [3.05, 3.63) is 0 Å². The van der Waals surface area contributed by atoms with Crippen LogP contribution in [0.3, 0.4) is 0 Å². The van der Waals surface area contributed by atoms with Crippen LogP contribution in [0, 0.1) is 5.41 Å². The van der Waals surface area contributed by atoms with Crippen LogP contribution in [0.4, 0.5) is 0 Å². The molecule has 0 aromatic heterocycles. The Morgan fingerprint density at radius 2 is 2.06 bits per heavy atom. The summed E-state index contributed by atoms with van der Waals surface area (Å²) >= 11 is 0. The zero-order chi connectivity index (χ0) is 13.1. The second-order valence-corrected chi connectivity index (χ2v) is 5.72. The summed E-state index contributed by atoms with van der Waals surface area (Å²) in [6, 6.07) is 0.585. The fourth-order valence-electron chi connectivity index (χ4n) is 2.29. The lowest BCUT2D eigenvalue weighted by atomic mass is 9.89. The molecule has 1 unspecified atom stereocenters. The molecule has 1 aliphatic rings. The topological polar surface area (TPSA) is 43.8 Å². The Bertz CT molecular complexity index is 266. The summed E-state index contributed by atoms with van der Waals surface area (Å²) in [7, 11) is 0. The smallest absolute Gasteiger partial charge is 0.309 e. The van der Waals surface area contributed by atoms with E-state index < -0.39 is 11.4 Å². The highest BCUT2D eigenvalue weighted by molar-refractivity contribution is 5.73. The summed E-state index contributed by atoms with van der Waals surface area (Å²) in [6.45, 7) is 13.3. The Morgan fingerprint density at radius 3 is 2.53 bits per heavy atom. The van der Waals surface area contributed by atoms with E-state index in [4.69, 9.17) is 5.11 Å². The van der Waals surface area contributed by atoms with Gasteiger partial charge in [-0.2, -0.15) is 0 Å². The van der Waals surface area contributed by atoms with Gasteiger partial charge in [0.15, 0.2) is 0 Å². The Morgan fingerprint density at radius 1 is 1.41 bits per heavy atom. The molecule has 1 rings (SSSR count). The minimum atomic E-state index is -0.697. The van der Waals surface area contributed by atoms with E-state index in [1.807, 2.05) is 0 Å². The number of piperazine rings is 1. The van der Waals surface area contributed by atoms with Crippen LogP contribution in [0.5, 0.6) is 0 Å². The number of rotatable bonds is 5. The van der Waals surface area contributed by atoms with Crippen LogP contribution in [0.25, 0.3) is 0 Å². The third-order valence-electron chi connectivity index (χ3n) is 3.89. The number of carboxylic acid groups (broad SMARTS) is 1. The molecule has 1 atom stereocenters. The third-order valence-corrected chi connectivity index (χ3v) is 3.89. The highest BCUT2D eigenvalue weighted by Crippen LogP contribution is 2.21. The molecule has 1 heterocycles. The number of hydrogen-bond donors (Lipinski definition) is 1. The molecule has 0 saturated carbocycles. The van der Waals surface area contributed by atoms with E-state index in [9.17, 15) is 4.79 Å². The van der Waals surface area contributed by atoms with Crippen LogP contribution in [-0.4, -0.2) is 59.6 Å². The average molecular weight is 242 g/mol. The molecule has 4 heteroatoms. The van der Waals surface area contributed by atoms with Gasteiger partial charge in [0, 0.05) is 25.7 Å². The molecule has 1 aliphatic heterocycles. The lowest BCUT2D eigenvalue weighted by Gasteiger charge is -2.40. The normalized spacial score (nSPS) is 23.9. The van der Waals surface area contributed by atoms with Gasteiger partial charge in [0.2, 0.25) is 0 Å². The molecule has 0 aromatic rings. The molecule has 17 heavy (non-hydrogen) atoms. The fraction of sp³-hybridized carbons (Fsp3) is 0.923. The van der Waals surface area contributed by atoms with Gasteiger partial charge < -0.3 is 10.0 Å². The minimum Gasteiger partial charge on any atom is -0.481 e. The number of likely N-dealkylation sites (N-methyl/N-ethyl adjacent to an activating group) is 1. The van der Waals surface area contributed by atoms with E-state index in [-0.39, 0.29) is 0 Å². The minimum absolute atomic E-state index is 0.585. The molecule has 1 N–H and O–H groups in total. The highest BCUT2D eigenvalue weighted by Gasteiger charge is 2.29. The van der Waals surface area contributed by atoms with Crippen molar-refractivity contribution < 1.29 is 9.90 Å². The Hall–Kier alpha value is -0.610. The van der Waals surface area contributed by atoms with Gasteiger partial charge in [-0.3, -0.25) is 9.69 Å². The van der Waals surface area contributed by atoms with Crippen molar-refractivity contribution >= 4 is 5.97 Å². The molecule has 1 saturated heterocycles. The first-order chi connectivity index (χ1) is 7.86. The summed E-state index contributed by atoms with van der Waals surface area (Å²) in [4.78, 5) is 15.9. The number of nitrogens with zero attached hydrogens (tertiary/aromatic N) is 2. The lowest BCUT2D eigenvalue weighted by molar-refractivity contribution is -0.147. The average Bonchev–Trinajstić information content (AvgIpc) is 2.26. The zero-order valence-electron chi connectivity index (χ0n) is 11.6. The predicted octanol–water partition coefficient (Wildman–Crippen LogP) is 1.51. The number of carboxylic acids is 1. The quantitative estimate of drug-likeness (QED) is 0.794. The SMILES string of the molecule is CCN1CCN(CCC(C)(C)C(=O)O)CC1C. The van der Waals surface area contributed by atoms with Crippen molar-refractivity contribution in [1.82, 2.24) is 9.80 Å². The summed E-state index contributed by atoms with van der Waals surface area (Å²) in [5, 5.41) is 9.08. The maximum absolute atomic E-state index is 11.0. The van der Waals surface area contributed by atoms with E-state index in [0.29, 0.717) is 6.04 Å². The second kappa shape index (κ2) is 5.83. The standard InChI is InChI=1S/C13H26N2O2/c1-5-15-9-8-14(10-11(15)2)7-6-13(3,4)12(16)17/h11H,5-10H2,1-4H3,(H,16,17). The van der Waals surface area contributed by atoms with E-state index in [1.165, 1.54) is 0 Å². The van der Waals surface area contributed by atoms with Crippen LogP contribution in [0.15, 0.2) is 0 Å². The van der Waals surface area contributed by atoms with Gasteiger partial charge in [-0.15, -0.1) is 0 Å². The molecule has 0 spiro atoms. The van der Waals surface area contributed by atoms with Gasteiger partial charge in [-0.25, -0.2) is 0 Å². The second-order valence-electron chi connectivity index (χ2n) is 5.72. The van der Waals surface area contributed by atoms with Crippen molar-refractivity contribution in [2.45, 2.75) is 40.2 Å². The van der Waals surface area contributed by atoms with E-state index in [0.717, 1.165) is 39.1 Å². The molecule has 0 radical (unpaired) electrons. The van der Waals surface area contributed by atoms with Crippen LogP contribution in [0.2, 0.25) is 0 Å². The first-order valence-corrected chi connectivity index (χ1v) is 6.56. The van der Waals surface area contributed by atoms with Gasteiger partial charge in [0.25, 0.3) is 0 Å². The van der Waals surface area contributed by atoms with Crippen LogP contribution in [-0.2, 0) is 4.79 Å². The van der Waals surface area contributed by atoms with Crippen LogP contribution in [0.1, 0.15) is 34.1 Å². The highest BCUT2D eigenvalue weighted by atomic mass is 16.4. The molecule has 0 aliphatic carbocycles. The van der Waals surface area contributed by atoms with Crippen LogP contribution >= 0.6 is 0 Å². The summed E-state index contributed by atoms with van der Waals surface area (Å²) in [5.74, 6) is -0.697. The monoisotopic (exact) mass is 242 g/mol. The number of carbonyl (C=O) groups is 1. The van der Waals surface area contributed by atoms with Crippen molar-refractivity contribution in [3.8, 4) is 0 Å². The molecular weight excluding hydrogens is 216 g/mol. The lowest BCUT2D eigenvalue weighted by Crippen LogP contribution is -2.52. The van der Waals surface area contributed by atoms with Gasteiger partial charge in [-0.05, 0) is 40.3 Å². The molecule has 1 fully saturated rings. The molecular formula is C13H26N2O2. The van der Waals surface area contributed by atoms with Gasteiger partial charge >= 0.3 is 5.97 Å². The molecule has 100 valence electrons.